The van der Waals surface area contributed by atoms with Crippen molar-refractivity contribution in [2.45, 2.75) is 13.0 Å². The van der Waals surface area contributed by atoms with Gasteiger partial charge < -0.3 is 15.0 Å². The Morgan fingerprint density at radius 2 is 2.05 bits per heavy atom. The number of carbonyl (C=O) groups excluding carboxylic acids is 1. The largest absolute Gasteiger partial charge is 0.383 e. The third-order valence-electron chi connectivity index (χ3n) is 3.46. The van der Waals surface area contributed by atoms with Gasteiger partial charge in [0.2, 0.25) is 0 Å². The van der Waals surface area contributed by atoms with Gasteiger partial charge in [0.05, 0.1) is 12.6 Å². The number of aromatic nitrogens is 1. The molecule has 1 N–H and O–H groups in total. The SMILES string of the molecule is COCCN(C(=O)Nc1ccccc1)C(C)c1cccnc1. The number of amides is 2. The highest BCUT2D eigenvalue weighted by Crippen LogP contribution is 2.20. The van der Waals surface area contributed by atoms with E-state index < -0.39 is 0 Å². The van der Waals surface area contributed by atoms with Crippen molar-refractivity contribution in [3.05, 3.63) is 60.4 Å². The molecule has 22 heavy (non-hydrogen) atoms. The van der Waals surface area contributed by atoms with E-state index >= 15 is 0 Å². The molecule has 1 atom stereocenters. The van der Waals surface area contributed by atoms with Crippen LogP contribution in [-0.4, -0.2) is 36.2 Å². The molecule has 0 radical (unpaired) electrons. The maximum absolute atomic E-state index is 12.6. The number of methoxy groups -OCH3 is 1. The van der Waals surface area contributed by atoms with Crippen LogP contribution >= 0.6 is 0 Å². The van der Waals surface area contributed by atoms with E-state index in [2.05, 4.69) is 10.3 Å². The standard InChI is InChI=1S/C17H21N3O2/c1-14(15-7-6-10-18-13-15)20(11-12-22-2)17(21)19-16-8-4-3-5-9-16/h3-10,13-14H,11-12H2,1-2H3,(H,19,21). The summed E-state index contributed by atoms with van der Waals surface area (Å²) in [6, 6.07) is 13.0. The van der Waals surface area contributed by atoms with Gasteiger partial charge in [0, 0.05) is 31.7 Å². The molecule has 0 saturated heterocycles. The molecular formula is C17H21N3O2. The third-order valence-corrected chi connectivity index (χ3v) is 3.46. The van der Waals surface area contributed by atoms with Crippen molar-refractivity contribution in [3.8, 4) is 0 Å². The molecule has 0 aliphatic carbocycles. The van der Waals surface area contributed by atoms with Crippen LogP contribution in [0.15, 0.2) is 54.9 Å². The van der Waals surface area contributed by atoms with Gasteiger partial charge in [-0.05, 0) is 30.7 Å². The second-order valence-corrected chi connectivity index (χ2v) is 4.94. The van der Waals surface area contributed by atoms with Crippen molar-refractivity contribution in [3.63, 3.8) is 0 Å². The quantitative estimate of drug-likeness (QED) is 0.890. The number of para-hydroxylation sites is 1. The Morgan fingerprint density at radius 1 is 1.27 bits per heavy atom. The molecule has 0 spiro atoms. The third kappa shape index (κ3) is 4.30. The first-order valence-electron chi connectivity index (χ1n) is 7.24. The first-order valence-corrected chi connectivity index (χ1v) is 7.24. The molecule has 0 fully saturated rings. The number of ether oxygens (including phenoxy) is 1. The van der Waals surface area contributed by atoms with E-state index in [0.717, 1.165) is 11.3 Å². The summed E-state index contributed by atoms with van der Waals surface area (Å²) in [5, 5.41) is 2.91. The number of benzene rings is 1. The molecule has 0 aliphatic rings. The molecule has 2 aromatic rings. The van der Waals surface area contributed by atoms with Crippen molar-refractivity contribution < 1.29 is 9.53 Å². The number of nitrogens with zero attached hydrogens (tertiary/aromatic N) is 2. The zero-order valence-electron chi connectivity index (χ0n) is 12.9. The van der Waals surface area contributed by atoms with Gasteiger partial charge in [-0.1, -0.05) is 24.3 Å². The minimum Gasteiger partial charge on any atom is -0.383 e. The first-order chi connectivity index (χ1) is 10.7. The van der Waals surface area contributed by atoms with Gasteiger partial charge in [-0.15, -0.1) is 0 Å². The molecular weight excluding hydrogens is 278 g/mol. The number of hydrogen-bond donors (Lipinski definition) is 1. The van der Waals surface area contributed by atoms with Crippen molar-refractivity contribution in [2.24, 2.45) is 0 Å². The predicted octanol–water partition coefficient (Wildman–Crippen LogP) is 3.32. The van der Waals surface area contributed by atoms with E-state index in [9.17, 15) is 4.79 Å². The Balaban J connectivity index is 2.12. The van der Waals surface area contributed by atoms with Crippen molar-refractivity contribution in [2.75, 3.05) is 25.6 Å². The van der Waals surface area contributed by atoms with Crippen molar-refractivity contribution >= 4 is 11.7 Å². The molecule has 0 saturated carbocycles. The fourth-order valence-corrected chi connectivity index (χ4v) is 2.18. The van der Waals surface area contributed by atoms with Crippen LogP contribution in [0.5, 0.6) is 0 Å². The van der Waals surface area contributed by atoms with Gasteiger partial charge in [-0.25, -0.2) is 4.79 Å². The van der Waals surface area contributed by atoms with Gasteiger partial charge in [-0.2, -0.15) is 0 Å². The van der Waals surface area contributed by atoms with E-state index in [1.54, 1.807) is 24.4 Å². The second-order valence-electron chi connectivity index (χ2n) is 4.94. The summed E-state index contributed by atoms with van der Waals surface area (Å²) in [4.78, 5) is 18.4. The number of urea groups is 1. The summed E-state index contributed by atoms with van der Waals surface area (Å²) in [7, 11) is 1.63. The molecule has 1 aromatic carbocycles. The van der Waals surface area contributed by atoms with E-state index in [4.69, 9.17) is 4.74 Å². The van der Waals surface area contributed by atoms with Crippen LogP contribution in [0.3, 0.4) is 0 Å². The molecule has 5 nitrogen and oxygen atoms in total. The molecule has 2 rings (SSSR count). The average molecular weight is 299 g/mol. The van der Waals surface area contributed by atoms with Crippen LogP contribution in [0, 0.1) is 0 Å². The Hall–Kier alpha value is -2.40. The average Bonchev–Trinajstić information content (AvgIpc) is 2.56. The van der Waals surface area contributed by atoms with Gasteiger partial charge in [0.25, 0.3) is 0 Å². The van der Waals surface area contributed by atoms with Crippen LogP contribution in [0.2, 0.25) is 0 Å². The summed E-state index contributed by atoms with van der Waals surface area (Å²) in [5.41, 5.74) is 1.76. The number of hydrogen-bond acceptors (Lipinski definition) is 3. The van der Waals surface area contributed by atoms with Crippen molar-refractivity contribution in [1.29, 1.82) is 0 Å². The molecule has 1 heterocycles. The normalized spacial score (nSPS) is 11.7. The molecule has 5 heteroatoms. The number of rotatable bonds is 6. The highest BCUT2D eigenvalue weighted by atomic mass is 16.5. The lowest BCUT2D eigenvalue weighted by atomic mass is 10.1. The zero-order valence-corrected chi connectivity index (χ0v) is 12.9. The van der Waals surface area contributed by atoms with E-state index in [0.29, 0.717) is 13.2 Å². The Morgan fingerprint density at radius 3 is 2.68 bits per heavy atom. The molecule has 0 bridgehead atoms. The minimum absolute atomic E-state index is 0.0902. The van der Waals surface area contributed by atoms with Gasteiger partial charge in [0.1, 0.15) is 0 Å². The highest BCUT2D eigenvalue weighted by Gasteiger charge is 2.21. The minimum atomic E-state index is -0.153. The van der Waals surface area contributed by atoms with Gasteiger partial charge in [-0.3, -0.25) is 4.98 Å². The predicted molar refractivity (Wildman–Crippen MR) is 86.7 cm³/mol. The van der Waals surface area contributed by atoms with Crippen LogP contribution in [-0.2, 0) is 4.74 Å². The summed E-state index contributed by atoms with van der Waals surface area (Å²) in [5.74, 6) is 0. The van der Waals surface area contributed by atoms with E-state index in [1.807, 2.05) is 49.4 Å². The van der Waals surface area contributed by atoms with E-state index in [-0.39, 0.29) is 12.1 Å². The lowest BCUT2D eigenvalue weighted by Gasteiger charge is -2.29. The summed E-state index contributed by atoms with van der Waals surface area (Å²) in [6.07, 6.45) is 3.50. The van der Waals surface area contributed by atoms with Crippen LogP contribution < -0.4 is 5.32 Å². The monoisotopic (exact) mass is 299 g/mol. The number of pyridine rings is 1. The fourth-order valence-electron chi connectivity index (χ4n) is 2.18. The molecule has 0 aliphatic heterocycles. The lowest BCUT2D eigenvalue weighted by Crippen LogP contribution is -2.39. The molecule has 1 unspecified atom stereocenters. The highest BCUT2D eigenvalue weighted by molar-refractivity contribution is 5.89. The summed E-state index contributed by atoms with van der Waals surface area (Å²) < 4.78 is 5.12. The first kappa shape index (κ1) is 16.0. The molecule has 1 aromatic heterocycles. The Kier molecular flexibility index (Phi) is 5.91. The summed E-state index contributed by atoms with van der Waals surface area (Å²) >= 11 is 0. The Bertz CT molecular complexity index is 575. The molecule has 116 valence electrons. The van der Waals surface area contributed by atoms with Gasteiger partial charge in [0.15, 0.2) is 0 Å². The Labute approximate surface area is 130 Å². The maximum Gasteiger partial charge on any atom is 0.322 e. The van der Waals surface area contributed by atoms with E-state index in [1.165, 1.54) is 0 Å². The van der Waals surface area contributed by atoms with Crippen LogP contribution in [0.4, 0.5) is 10.5 Å². The van der Waals surface area contributed by atoms with Crippen LogP contribution in [0.25, 0.3) is 0 Å². The zero-order chi connectivity index (χ0) is 15.8. The number of anilines is 1. The lowest BCUT2D eigenvalue weighted by molar-refractivity contribution is 0.139. The number of carbonyl (C=O) groups is 1. The molecule has 2 amide bonds. The van der Waals surface area contributed by atoms with Crippen LogP contribution in [0.1, 0.15) is 18.5 Å². The topological polar surface area (TPSA) is 54.5 Å². The summed E-state index contributed by atoms with van der Waals surface area (Å²) in [6.45, 7) is 2.97. The maximum atomic E-state index is 12.6. The number of nitrogens with one attached hydrogen (secondary N) is 1. The second kappa shape index (κ2) is 8.14. The smallest absolute Gasteiger partial charge is 0.322 e. The van der Waals surface area contributed by atoms with Crippen molar-refractivity contribution in [1.82, 2.24) is 9.88 Å². The fraction of sp³-hybridized carbons (Fsp3) is 0.294. The van der Waals surface area contributed by atoms with Gasteiger partial charge >= 0.3 is 6.03 Å².